The maximum atomic E-state index is 12.2. The average molecular weight is 632 g/mol. The molecule has 0 spiro atoms. The molecular formula is C33H37N5O6S. The number of aliphatic hydroxyl groups excluding tert-OH is 1. The second-order valence-electron chi connectivity index (χ2n) is 10.8. The number of tetrazole rings is 1. The van der Waals surface area contributed by atoms with Crippen molar-refractivity contribution in [3.05, 3.63) is 101 Å². The van der Waals surface area contributed by atoms with Gasteiger partial charge in [-0.15, -0.1) is 5.10 Å². The molecule has 11 nitrogen and oxygen atoms in total. The van der Waals surface area contributed by atoms with Crippen LogP contribution in [0.5, 0.6) is 0 Å². The topological polar surface area (TPSA) is 149 Å². The predicted octanol–water partition coefficient (Wildman–Crippen LogP) is 5.14. The zero-order valence-electron chi connectivity index (χ0n) is 24.8. The van der Waals surface area contributed by atoms with E-state index in [2.05, 4.69) is 20.8 Å². The first-order chi connectivity index (χ1) is 22.0. The molecule has 236 valence electrons. The summed E-state index contributed by atoms with van der Waals surface area (Å²) in [7, 11) is 0. The Balaban J connectivity index is 1.21. The summed E-state index contributed by atoms with van der Waals surface area (Å²) in [4.78, 5) is 22.8. The van der Waals surface area contributed by atoms with Crippen molar-refractivity contribution in [3.63, 3.8) is 0 Å². The zero-order chi connectivity index (χ0) is 31.4. The summed E-state index contributed by atoms with van der Waals surface area (Å²) in [6.07, 6.45) is 2.11. The van der Waals surface area contributed by atoms with Crippen molar-refractivity contribution in [2.75, 3.05) is 5.75 Å². The number of unbranched alkanes of at least 4 members (excludes halogenated alkanes) is 2. The molecule has 0 unspecified atom stereocenters. The van der Waals surface area contributed by atoms with E-state index in [0.29, 0.717) is 49.6 Å². The normalized spacial score (nSPS) is 18.0. The van der Waals surface area contributed by atoms with Crippen molar-refractivity contribution >= 4 is 23.6 Å². The number of aromatic nitrogens is 4. The van der Waals surface area contributed by atoms with Gasteiger partial charge in [-0.2, -0.15) is 4.68 Å². The Kier molecular flexibility index (Phi) is 11.7. The van der Waals surface area contributed by atoms with Crippen LogP contribution >= 0.6 is 11.8 Å². The van der Waals surface area contributed by atoms with Crippen LogP contribution in [0.4, 0.5) is 0 Å². The van der Waals surface area contributed by atoms with Gasteiger partial charge in [0.2, 0.25) is 11.1 Å². The number of ether oxygens (including phenoxy) is 2. The van der Waals surface area contributed by atoms with E-state index in [1.165, 1.54) is 11.8 Å². The number of carboxylic acid groups (broad SMARTS) is 1. The van der Waals surface area contributed by atoms with Crippen molar-refractivity contribution in [2.45, 2.75) is 75.3 Å². The third kappa shape index (κ3) is 9.44. The van der Waals surface area contributed by atoms with Gasteiger partial charge in [0, 0.05) is 37.1 Å². The van der Waals surface area contributed by atoms with Crippen LogP contribution in [-0.2, 0) is 32.2 Å². The molecule has 3 atom stereocenters. The number of aliphatic hydroxyl groups is 1. The molecule has 1 aliphatic heterocycles. The number of aliphatic carboxylic acids is 1. The fraction of sp³-hybridized carbons (Fsp3) is 0.364. The number of carboxylic acids is 1. The number of nitrogens with zero attached hydrogens (tertiary/aromatic N) is 4. The number of rotatable bonds is 15. The summed E-state index contributed by atoms with van der Waals surface area (Å²) in [5.74, 6) is -0.254. The minimum atomic E-state index is -0.810. The van der Waals surface area contributed by atoms with E-state index in [0.717, 1.165) is 27.9 Å². The fourth-order valence-electron chi connectivity index (χ4n) is 5.01. The van der Waals surface area contributed by atoms with Crippen LogP contribution in [0.3, 0.4) is 0 Å². The first-order valence-electron chi connectivity index (χ1n) is 15.0. The summed E-state index contributed by atoms with van der Waals surface area (Å²) in [5.41, 5.74) is 4.54. The molecule has 45 heavy (non-hydrogen) atoms. The SMILES string of the molecule is O=C(O)CCCCCC(=O)NCc1ccc([C@@H]2O[C@H](CSc3nnnn3-c3ccccc3)C[C@H](c3ccc(CO)cc3)O2)cc1. The molecule has 0 aliphatic carbocycles. The number of carbonyl (C=O) groups excluding carboxylic acids is 1. The lowest BCUT2D eigenvalue weighted by atomic mass is 10.0. The van der Waals surface area contributed by atoms with Gasteiger partial charge in [-0.25, -0.2) is 0 Å². The molecule has 2 heterocycles. The van der Waals surface area contributed by atoms with Crippen LogP contribution in [0.25, 0.3) is 5.69 Å². The molecule has 3 N–H and O–H groups in total. The molecule has 3 aromatic carbocycles. The van der Waals surface area contributed by atoms with Crippen molar-refractivity contribution in [3.8, 4) is 5.69 Å². The zero-order valence-corrected chi connectivity index (χ0v) is 25.6. The molecule has 0 saturated carbocycles. The van der Waals surface area contributed by atoms with E-state index in [-0.39, 0.29) is 31.1 Å². The van der Waals surface area contributed by atoms with Gasteiger partial charge >= 0.3 is 5.97 Å². The van der Waals surface area contributed by atoms with Gasteiger partial charge in [0.1, 0.15) is 0 Å². The third-order valence-corrected chi connectivity index (χ3v) is 8.54. The Morgan fingerprint density at radius 2 is 1.60 bits per heavy atom. The lowest BCUT2D eigenvalue weighted by Gasteiger charge is -2.36. The number of benzene rings is 3. The van der Waals surface area contributed by atoms with Gasteiger partial charge < -0.3 is 25.0 Å². The van der Waals surface area contributed by atoms with Gasteiger partial charge in [0.25, 0.3) is 0 Å². The lowest BCUT2D eigenvalue weighted by molar-refractivity contribution is -0.245. The van der Waals surface area contributed by atoms with Crippen molar-refractivity contribution in [1.29, 1.82) is 0 Å². The molecule has 1 fully saturated rings. The largest absolute Gasteiger partial charge is 0.481 e. The first kappa shape index (κ1) is 32.3. The van der Waals surface area contributed by atoms with E-state index >= 15 is 0 Å². The highest BCUT2D eigenvalue weighted by atomic mass is 32.2. The van der Waals surface area contributed by atoms with Crippen LogP contribution in [-0.4, -0.2) is 54.2 Å². The summed E-state index contributed by atoms with van der Waals surface area (Å²) in [6, 6.07) is 25.3. The predicted molar refractivity (Wildman–Crippen MR) is 167 cm³/mol. The number of hydrogen-bond donors (Lipinski definition) is 3. The molecule has 4 aromatic rings. The second kappa shape index (κ2) is 16.3. The number of thioether (sulfide) groups is 1. The number of hydrogen-bond acceptors (Lipinski definition) is 9. The molecular weight excluding hydrogens is 594 g/mol. The highest BCUT2D eigenvalue weighted by Gasteiger charge is 2.32. The molecule has 5 rings (SSSR count). The minimum absolute atomic E-state index is 0.0213. The first-order valence-corrected chi connectivity index (χ1v) is 16.0. The maximum absolute atomic E-state index is 12.2. The Hall–Kier alpha value is -4.10. The van der Waals surface area contributed by atoms with E-state index in [1.54, 1.807) is 4.68 Å². The molecule has 12 heteroatoms. The Labute approximate surface area is 266 Å². The van der Waals surface area contributed by atoms with Gasteiger partial charge in [-0.1, -0.05) is 84.9 Å². The molecule has 1 aromatic heterocycles. The summed E-state index contributed by atoms with van der Waals surface area (Å²) in [5, 5.41) is 34.1. The Morgan fingerprint density at radius 1 is 0.889 bits per heavy atom. The number of amides is 1. The van der Waals surface area contributed by atoms with Crippen LogP contribution < -0.4 is 5.32 Å². The van der Waals surface area contributed by atoms with Crippen LogP contribution in [0.2, 0.25) is 0 Å². The van der Waals surface area contributed by atoms with E-state index in [4.69, 9.17) is 14.6 Å². The number of carbonyl (C=O) groups is 2. The molecule has 1 saturated heterocycles. The standard InChI is InChI=1S/C33H37N5O6S/c39-21-24-13-15-25(16-14-24)29-19-28(22-45-33-35-36-37-38(33)27-7-3-1-4-8-27)43-32(44-29)26-17-11-23(12-18-26)20-34-30(40)9-5-2-6-10-31(41)42/h1,3-4,7-8,11-18,28-29,32,39H,2,5-6,9-10,19-22H2,(H,34,40)(H,41,42)/t28-,29+,32+/m0/s1. The summed E-state index contributed by atoms with van der Waals surface area (Å²) in [6.45, 7) is 0.377. The Bertz CT molecular complexity index is 1520. The van der Waals surface area contributed by atoms with Gasteiger partial charge in [0.15, 0.2) is 6.29 Å². The minimum Gasteiger partial charge on any atom is -0.481 e. The van der Waals surface area contributed by atoms with Crippen LogP contribution in [0.1, 0.15) is 73.2 Å². The third-order valence-electron chi connectivity index (χ3n) is 7.49. The average Bonchev–Trinajstić information content (AvgIpc) is 3.55. The van der Waals surface area contributed by atoms with E-state index in [1.807, 2.05) is 78.9 Å². The number of nitrogens with one attached hydrogen (secondary N) is 1. The Morgan fingerprint density at radius 3 is 2.33 bits per heavy atom. The highest BCUT2D eigenvalue weighted by molar-refractivity contribution is 7.99. The van der Waals surface area contributed by atoms with Crippen molar-refractivity contribution < 1.29 is 29.3 Å². The fourth-order valence-corrected chi connectivity index (χ4v) is 5.92. The summed E-state index contributed by atoms with van der Waals surface area (Å²) < 4.78 is 14.6. The van der Waals surface area contributed by atoms with E-state index < -0.39 is 12.3 Å². The van der Waals surface area contributed by atoms with Gasteiger partial charge in [-0.3, -0.25) is 9.59 Å². The van der Waals surface area contributed by atoms with Crippen molar-refractivity contribution in [2.24, 2.45) is 0 Å². The van der Waals surface area contributed by atoms with Gasteiger partial charge in [0.05, 0.1) is 24.5 Å². The quantitative estimate of drug-likeness (QED) is 0.119. The molecule has 1 aliphatic rings. The van der Waals surface area contributed by atoms with Crippen LogP contribution in [0, 0.1) is 0 Å². The second-order valence-corrected chi connectivity index (χ2v) is 11.8. The van der Waals surface area contributed by atoms with E-state index in [9.17, 15) is 14.7 Å². The summed E-state index contributed by atoms with van der Waals surface area (Å²) >= 11 is 1.52. The van der Waals surface area contributed by atoms with Crippen molar-refractivity contribution in [1.82, 2.24) is 25.5 Å². The number of para-hydroxylation sites is 1. The molecule has 1 amide bonds. The highest BCUT2D eigenvalue weighted by Crippen LogP contribution is 2.39. The lowest BCUT2D eigenvalue weighted by Crippen LogP contribution is -2.31. The van der Waals surface area contributed by atoms with Crippen LogP contribution in [0.15, 0.2) is 84.0 Å². The monoisotopic (exact) mass is 631 g/mol. The maximum Gasteiger partial charge on any atom is 0.303 e. The smallest absolute Gasteiger partial charge is 0.303 e. The molecule has 0 bridgehead atoms. The molecule has 0 radical (unpaired) electrons. The van der Waals surface area contributed by atoms with Gasteiger partial charge in [-0.05, 0) is 52.1 Å².